The van der Waals surface area contributed by atoms with E-state index < -0.39 is 41.3 Å². The van der Waals surface area contributed by atoms with Gasteiger partial charge in [-0.25, -0.2) is 4.79 Å². The molecule has 0 fully saturated rings. The van der Waals surface area contributed by atoms with Crippen molar-refractivity contribution in [3.63, 3.8) is 0 Å². The van der Waals surface area contributed by atoms with Gasteiger partial charge in [0.25, 0.3) is 0 Å². The highest BCUT2D eigenvalue weighted by molar-refractivity contribution is 5.90. The summed E-state index contributed by atoms with van der Waals surface area (Å²) in [6.07, 6.45) is -5.17. The van der Waals surface area contributed by atoms with Crippen LogP contribution in [0, 0.1) is 0 Å². The molecule has 1 atom stereocenters. The van der Waals surface area contributed by atoms with E-state index in [9.17, 15) is 35.9 Å². The lowest BCUT2D eigenvalue weighted by molar-refractivity contribution is -0.143. The van der Waals surface area contributed by atoms with Gasteiger partial charge in [0.15, 0.2) is 5.78 Å². The van der Waals surface area contributed by atoms with Crippen LogP contribution in [0.5, 0.6) is 0 Å². The molecule has 6 nitrogen and oxygen atoms in total. The number of likely N-dealkylation sites (N-methyl/N-ethyl adjacent to an activating group) is 1. The number of carbonyl (C=O) groups excluding carboxylic acids is 2. The molecule has 4 rings (SSSR count). The normalized spacial score (nSPS) is 12.7. The van der Waals surface area contributed by atoms with Crippen molar-refractivity contribution < 1.29 is 35.9 Å². The second kappa shape index (κ2) is 12.7. The Labute approximate surface area is 237 Å². The van der Waals surface area contributed by atoms with Crippen LogP contribution in [-0.2, 0) is 36.4 Å². The molecule has 2 aromatic heterocycles. The molecule has 0 aliphatic rings. The first-order valence-corrected chi connectivity index (χ1v) is 13.1. The molecule has 0 aliphatic heterocycles. The average Bonchev–Trinajstić information content (AvgIpc) is 3.36. The zero-order valence-electron chi connectivity index (χ0n) is 22.5. The number of ketones is 1. The maximum absolute atomic E-state index is 13.4. The fourth-order valence-electron chi connectivity index (χ4n) is 4.58. The van der Waals surface area contributed by atoms with Crippen LogP contribution in [0.4, 0.5) is 31.1 Å². The van der Waals surface area contributed by atoms with Gasteiger partial charge in [-0.2, -0.15) is 26.3 Å². The summed E-state index contributed by atoms with van der Waals surface area (Å²) >= 11 is 0. The van der Waals surface area contributed by atoms with E-state index in [0.717, 1.165) is 22.0 Å². The lowest BCUT2D eigenvalue weighted by Gasteiger charge is -2.23. The molecule has 42 heavy (non-hydrogen) atoms. The highest BCUT2D eigenvalue weighted by atomic mass is 19.4. The van der Waals surface area contributed by atoms with Crippen molar-refractivity contribution >= 4 is 22.7 Å². The minimum absolute atomic E-state index is 0.0488. The molecular formula is C30H28F6N4O2. The molecule has 2 amide bonds. The van der Waals surface area contributed by atoms with Gasteiger partial charge in [-0.05, 0) is 65.9 Å². The van der Waals surface area contributed by atoms with Crippen LogP contribution in [0.2, 0.25) is 0 Å². The summed E-state index contributed by atoms with van der Waals surface area (Å²) in [6.45, 7) is 0.328. The third kappa shape index (κ3) is 7.89. The Balaban J connectivity index is 1.52. The van der Waals surface area contributed by atoms with Crippen molar-refractivity contribution in [3.05, 3.63) is 101 Å². The number of Topliss-reactive ketones (excluding diaryl/α,β-unsaturated/α-hetero) is 1. The minimum atomic E-state index is -4.99. The Morgan fingerprint density at radius 1 is 0.905 bits per heavy atom. The molecule has 2 heterocycles. The summed E-state index contributed by atoms with van der Waals surface area (Å²) in [5.41, 5.74) is -0.684. The SMILES string of the molecule is CN(CCc1ccncc1)C(=O)NC(Cc1c[nH]c2ccccc12)C(=O)CCc1cc(C(F)(F)F)cc(C(F)(F)F)c1. The molecule has 0 saturated heterocycles. The molecule has 1 unspecified atom stereocenters. The molecule has 2 aromatic carbocycles. The summed E-state index contributed by atoms with van der Waals surface area (Å²) in [4.78, 5) is 34.9. The number of fused-ring (bicyclic) bond motifs is 1. The standard InChI is InChI=1S/C30H28F6N4O2/c1-40(13-10-19-8-11-37-12-9-19)28(42)39-26(16-21-18-38-25-5-3-2-4-24(21)25)27(41)7-6-20-14-22(29(31,32)33)17-23(15-20)30(34,35)36/h2-5,8-9,11-12,14-15,17-18,26,38H,6-7,10,13,16H2,1H3,(H,39,42). The Kier molecular flexibility index (Phi) is 9.23. The molecule has 4 aromatic rings. The summed E-state index contributed by atoms with van der Waals surface area (Å²) in [7, 11) is 1.56. The van der Waals surface area contributed by atoms with Crippen molar-refractivity contribution in [1.82, 2.24) is 20.2 Å². The second-order valence-corrected chi connectivity index (χ2v) is 9.97. The van der Waals surface area contributed by atoms with Gasteiger partial charge in [-0.15, -0.1) is 0 Å². The Morgan fingerprint density at radius 2 is 1.55 bits per heavy atom. The van der Waals surface area contributed by atoms with E-state index in [2.05, 4.69) is 15.3 Å². The molecular weight excluding hydrogens is 562 g/mol. The first kappa shape index (κ1) is 30.6. The number of rotatable bonds is 10. The maximum atomic E-state index is 13.4. The summed E-state index contributed by atoms with van der Waals surface area (Å²) in [5.74, 6) is -0.526. The number of pyridine rings is 1. The van der Waals surface area contributed by atoms with E-state index in [1.807, 2.05) is 36.4 Å². The highest BCUT2D eigenvalue weighted by Gasteiger charge is 2.37. The van der Waals surface area contributed by atoms with Crippen LogP contribution in [0.25, 0.3) is 10.9 Å². The Bertz CT molecular complexity index is 1500. The smallest absolute Gasteiger partial charge is 0.361 e. The van der Waals surface area contributed by atoms with Gasteiger partial charge < -0.3 is 15.2 Å². The average molecular weight is 591 g/mol. The number of carbonyl (C=O) groups is 2. The van der Waals surface area contributed by atoms with E-state index in [-0.39, 0.29) is 30.9 Å². The van der Waals surface area contributed by atoms with Crippen molar-refractivity contribution in [2.24, 2.45) is 0 Å². The fraction of sp³-hybridized carbons (Fsp3) is 0.300. The van der Waals surface area contributed by atoms with Crippen molar-refractivity contribution in [2.45, 2.75) is 44.1 Å². The van der Waals surface area contributed by atoms with Gasteiger partial charge in [0.1, 0.15) is 0 Å². The van der Waals surface area contributed by atoms with Crippen molar-refractivity contribution in [2.75, 3.05) is 13.6 Å². The van der Waals surface area contributed by atoms with Gasteiger partial charge in [-0.3, -0.25) is 9.78 Å². The van der Waals surface area contributed by atoms with Gasteiger partial charge >= 0.3 is 18.4 Å². The number of nitrogens with one attached hydrogen (secondary N) is 2. The molecule has 2 N–H and O–H groups in total. The van der Waals surface area contributed by atoms with E-state index in [4.69, 9.17) is 0 Å². The quantitative estimate of drug-likeness (QED) is 0.205. The van der Waals surface area contributed by atoms with Crippen molar-refractivity contribution in [1.29, 1.82) is 0 Å². The number of aryl methyl sites for hydroxylation is 1. The summed E-state index contributed by atoms with van der Waals surface area (Å²) < 4.78 is 79.8. The zero-order valence-corrected chi connectivity index (χ0v) is 22.5. The van der Waals surface area contributed by atoms with Gasteiger partial charge in [0, 0.05) is 55.9 Å². The first-order valence-electron chi connectivity index (χ1n) is 13.1. The van der Waals surface area contributed by atoms with Crippen molar-refractivity contribution in [3.8, 4) is 0 Å². The van der Waals surface area contributed by atoms with E-state index in [1.165, 1.54) is 4.90 Å². The fourth-order valence-corrected chi connectivity index (χ4v) is 4.58. The number of H-pyrrole nitrogens is 1. The Hall–Kier alpha value is -4.35. The molecule has 0 radical (unpaired) electrons. The van der Waals surface area contributed by atoms with Crippen LogP contribution in [0.3, 0.4) is 0 Å². The molecule has 222 valence electrons. The van der Waals surface area contributed by atoms with Crippen LogP contribution >= 0.6 is 0 Å². The second-order valence-electron chi connectivity index (χ2n) is 9.97. The number of hydrogen-bond acceptors (Lipinski definition) is 3. The third-order valence-corrected chi connectivity index (χ3v) is 6.92. The number of para-hydroxylation sites is 1. The number of urea groups is 1. The van der Waals surface area contributed by atoms with Gasteiger partial charge in [0.05, 0.1) is 17.2 Å². The molecule has 0 aliphatic carbocycles. The highest BCUT2D eigenvalue weighted by Crippen LogP contribution is 2.36. The number of aromatic amines is 1. The summed E-state index contributed by atoms with van der Waals surface area (Å²) in [5, 5.41) is 3.54. The number of nitrogens with zero attached hydrogens (tertiary/aromatic N) is 2. The maximum Gasteiger partial charge on any atom is 0.416 e. The first-order chi connectivity index (χ1) is 19.8. The number of aromatic nitrogens is 2. The van der Waals surface area contributed by atoms with E-state index >= 15 is 0 Å². The zero-order chi connectivity index (χ0) is 30.5. The predicted molar refractivity (Wildman–Crippen MR) is 145 cm³/mol. The molecule has 12 heteroatoms. The van der Waals surface area contributed by atoms with E-state index in [0.29, 0.717) is 25.1 Å². The third-order valence-electron chi connectivity index (χ3n) is 6.92. The Morgan fingerprint density at radius 3 is 2.19 bits per heavy atom. The summed E-state index contributed by atoms with van der Waals surface area (Å²) in [6, 6.07) is 10.6. The number of hydrogen-bond donors (Lipinski definition) is 2. The largest absolute Gasteiger partial charge is 0.416 e. The number of amides is 2. The lowest BCUT2D eigenvalue weighted by atomic mass is 9.96. The number of alkyl halides is 6. The monoisotopic (exact) mass is 590 g/mol. The molecule has 0 bridgehead atoms. The van der Waals surface area contributed by atoms with Gasteiger partial charge in [0.2, 0.25) is 0 Å². The van der Waals surface area contributed by atoms with Crippen LogP contribution < -0.4 is 5.32 Å². The van der Waals surface area contributed by atoms with Crippen LogP contribution in [-0.4, -0.2) is 46.3 Å². The number of benzene rings is 2. The molecule has 0 spiro atoms. The van der Waals surface area contributed by atoms with Crippen LogP contribution in [0.15, 0.2) is 73.2 Å². The number of halogens is 6. The van der Waals surface area contributed by atoms with E-state index in [1.54, 1.807) is 25.6 Å². The minimum Gasteiger partial charge on any atom is -0.361 e. The van der Waals surface area contributed by atoms with Crippen LogP contribution in [0.1, 0.15) is 34.2 Å². The topological polar surface area (TPSA) is 78.1 Å². The molecule has 0 saturated carbocycles. The lowest BCUT2D eigenvalue weighted by Crippen LogP contribution is -2.48. The predicted octanol–water partition coefficient (Wildman–Crippen LogP) is 6.60. The van der Waals surface area contributed by atoms with Gasteiger partial charge in [-0.1, -0.05) is 18.2 Å².